The first kappa shape index (κ1) is 14.5. The van der Waals surface area contributed by atoms with Crippen LogP contribution in [-0.4, -0.2) is 6.29 Å². The van der Waals surface area contributed by atoms with Gasteiger partial charge in [-0.25, -0.2) is 0 Å². The highest BCUT2D eigenvalue weighted by molar-refractivity contribution is 5.77. The highest BCUT2D eigenvalue weighted by Gasteiger charge is 2.11. The lowest BCUT2D eigenvalue weighted by atomic mass is 9.87. The number of aldehydes is 1. The van der Waals surface area contributed by atoms with Crippen molar-refractivity contribution in [3.05, 3.63) is 70.8 Å². The Hall–Kier alpha value is -1.89. The van der Waals surface area contributed by atoms with Crippen molar-refractivity contribution in [2.24, 2.45) is 5.41 Å². The fraction of sp³-hybridized carbons (Fsp3) is 0.316. The Morgan fingerprint density at radius 2 is 1.50 bits per heavy atom. The summed E-state index contributed by atoms with van der Waals surface area (Å²) >= 11 is 0. The van der Waals surface area contributed by atoms with E-state index in [1.807, 2.05) is 24.3 Å². The van der Waals surface area contributed by atoms with Gasteiger partial charge in [0.15, 0.2) is 0 Å². The van der Waals surface area contributed by atoms with Crippen LogP contribution in [0.3, 0.4) is 0 Å². The summed E-state index contributed by atoms with van der Waals surface area (Å²) in [5.74, 6) is 0. The molecule has 0 bridgehead atoms. The third-order valence-electron chi connectivity index (χ3n) is 3.33. The van der Waals surface area contributed by atoms with Crippen molar-refractivity contribution >= 4 is 6.29 Å². The molecule has 0 aliphatic rings. The second-order valence-corrected chi connectivity index (χ2v) is 6.55. The molecule has 0 saturated heterocycles. The molecule has 2 rings (SSSR count). The first-order valence-corrected chi connectivity index (χ1v) is 7.09. The summed E-state index contributed by atoms with van der Waals surface area (Å²) in [5.41, 5.74) is 4.80. The monoisotopic (exact) mass is 266 g/mol. The average molecular weight is 266 g/mol. The van der Waals surface area contributed by atoms with E-state index >= 15 is 0 Å². The van der Waals surface area contributed by atoms with Crippen molar-refractivity contribution in [1.82, 2.24) is 0 Å². The second-order valence-electron chi connectivity index (χ2n) is 6.55. The minimum atomic E-state index is 0.311. The van der Waals surface area contributed by atoms with Crippen LogP contribution in [-0.2, 0) is 12.8 Å². The van der Waals surface area contributed by atoms with Crippen molar-refractivity contribution in [2.75, 3.05) is 0 Å². The molecule has 0 unspecified atom stereocenters. The van der Waals surface area contributed by atoms with Crippen molar-refractivity contribution in [3.8, 4) is 0 Å². The summed E-state index contributed by atoms with van der Waals surface area (Å²) in [6, 6.07) is 16.5. The molecule has 2 aromatic rings. The van der Waals surface area contributed by atoms with Gasteiger partial charge in [0.25, 0.3) is 0 Å². The van der Waals surface area contributed by atoms with Gasteiger partial charge in [-0.15, -0.1) is 0 Å². The Morgan fingerprint density at radius 3 is 2.10 bits per heavy atom. The number of carbonyl (C=O) groups excluding carboxylic acids is 1. The molecule has 0 atom stereocenters. The maximum absolute atomic E-state index is 11.0. The van der Waals surface area contributed by atoms with E-state index in [-0.39, 0.29) is 0 Å². The summed E-state index contributed by atoms with van der Waals surface area (Å²) in [4.78, 5) is 11.0. The van der Waals surface area contributed by atoms with E-state index in [0.717, 1.165) is 30.3 Å². The Labute approximate surface area is 121 Å². The summed E-state index contributed by atoms with van der Waals surface area (Å²) in [6.45, 7) is 6.75. The quantitative estimate of drug-likeness (QED) is 0.734. The SMILES string of the molecule is CC(C)(C)Cc1ccc(Cc2ccccc2C=O)cc1. The summed E-state index contributed by atoms with van der Waals surface area (Å²) in [7, 11) is 0. The van der Waals surface area contributed by atoms with E-state index in [0.29, 0.717) is 5.41 Å². The predicted molar refractivity (Wildman–Crippen MR) is 84.2 cm³/mol. The van der Waals surface area contributed by atoms with E-state index in [4.69, 9.17) is 0 Å². The highest BCUT2D eigenvalue weighted by Crippen LogP contribution is 2.21. The third kappa shape index (κ3) is 4.06. The number of carbonyl (C=O) groups is 1. The molecule has 104 valence electrons. The topological polar surface area (TPSA) is 17.1 Å². The fourth-order valence-electron chi connectivity index (χ4n) is 2.42. The summed E-state index contributed by atoms with van der Waals surface area (Å²) in [5, 5.41) is 0. The molecule has 20 heavy (non-hydrogen) atoms. The van der Waals surface area contributed by atoms with Gasteiger partial charge in [0.1, 0.15) is 6.29 Å². The first-order chi connectivity index (χ1) is 9.48. The van der Waals surface area contributed by atoms with Gasteiger partial charge in [-0.05, 0) is 34.9 Å². The van der Waals surface area contributed by atoms with Gasteiger partial charge in [-0.2, -0.15) is 0 Å². The van der Waals surface area contributed by atoms with Gasteiger partial charge in [-0.3, -0.25) is 4.79 Å². The average Bonchev–Trinajstić information content (AvgIpc) is 2.40. The number of hydrogen-bond acceptors (Lipinski definition) is 1. The molecule has 1 nitrogen and oxygen atoms in total. The number of rotatable bonds is 4. The minimum absolute atomic E-state index is 0.311. The normalized spacial score (nSPS) is 11.3. The van der Waals surface area contributed by atoms with Gasteiger partial charge in [-0.1, -0.05) is 69.3 Å². The third-order valence-corrected chi connectivity index (χ3v) is 3.33. The Bertz CT molecular complexity index is 573. The first-order valence-electron chi connectivity index (χ1n) is 7.09. The van der Waals surface area contributed by atoms with Crippen LogP contribution in [0.4, 0.5) is 0 Å². The zero-order valence-electron chi connectivity index (χ0n) is 12.5. The van der Waals surface area contributed by atoms with Gasteiger partial charge < -0.3 is 0 Å². The smallest absolute Gasteiger partial charge is 0.150 e. The van der Waals surface area contributed by atoms with Crippen molar-refractivity contribution in [3.63, 3.8) is 0 Å². The van der Waals surface area contributed by atoms with Crippen LogP contribution in [0.5, 0.6) is 0 Å². The molecule has 0 spiro atoms. The molecule has 0 N–H and O–H groups in total. The number of hydrogen-bond donors (Lipinski definition) is 0. The molecule has 0 fully saturated rings. The van der Waals surface area contributed by atoms with E-state index in [1.165, 1.54) is 11.1 Å². The molecule has 0 saturated carbocycles. The lowest BCUT2D eigenvalue weighted by Crippen LogP contribution is -2.09. The molecule has 2 aromatic carbocycles. The largest absolute Gasteiger partial charge is 0.298 e. The van der Waals surface area contributed by atoms with E-state index < -0.39 is 0 Å². The lowest BCUT2D eigenvalue weighted by Gasteiger charge is -2.18. The Balaban J connectivity index is 2.13. The molecule has 0 aliphatic heterocycles. The maximum Gasteiger partial charge on any atom is 0.150 e. The van der Waals surface area contributed by atoms with Gasteiger partial charge in [0.05, 0.1) is 0 Å². The molecule has 1 heteroatoms. The van der Waals surface area contributed by atoms with Crippen molar-refractivity contribution < 1.29 is 4.79 Å². The highest BCUT2D eigenvalue weighted by atomic mass is 16.1. The molecule has 0 amide bonds. The summed E-state index contributed by atoms with van der Waals surface area (Å²) < 4.78 is 0. The molecular weight excluding hydrogens is 244 g/mol. The minimum Gasteiger partial charge on any atom is -0.298 e. The maximum atomic E-state index is 11.0. The van der Waals surface area contributed by atoms with Crippen LogP contribution in [0, 0.1) is 5.41 Å². The van der Waals surface area contributed by atoms with Crippen LogP contribution in [0.2, 0.25) is 0 Å². The lowest BCUT2D eigenvalue weighted by molar-refractivity contribution is 0.112. The van der Waals surface area contributed by atoms with Crippen LogP contribution in [0.1, 0.15) is 47.8 Å². The molecule has 0 aliphatic carbocycles. The molecule has 0 radical (unpaired) electrons. The van der Waals surface area contributed by atoms with E-state index in [9.17, 15) is 4.79 Å². The Morgan fingerprint density at radius 1 is 0.900 bits per heavy atom. The predicted octanol–water partition coefficient (Wildman–Crippen LogP) is 4.68. The van der Waals surface area contributed by atoms with Gasteiger partial charge >= 0.3 is 0 Å². The number of benzene rings is 2. The summed E-state index contributed by atoms with van der Waals surface area (Å²) in [6.07, 6.45) is 2.83. The molecule has 0 aromatic heterocycles. The van der Waals surface area contributed by atoms with Crippen LogP contribution < -0.4 is 0 Å². The fourth-order valence-corrected chi connectivity index (χ4v) is 2.42. The second kappa shape index (κ2) is 6.04. The van der Waals surface area contributed by atoms with Gasteiger partial charge in [0, 0.05) is 5.56 Å². The van der Waals surface area contributed by atoms with Crippen LogP contribution in [0.25, 0.3) is 0 Å². The van der Waals surface area contributed by atoms with Crippen LogP contribution in [0.15, 0.2) is 48.5 Å². The van der Waals surface area contributed by atoms with Crippen molar-refractivity contribution in [2.45, 2.75) is 33.6 Å². The van der Waals surface area contributed by atoms with Gasteiger partial charge in [0.2, 0.25) is 0 Å². The van der Waals surface area contributed by atoms with E-state index in [1.54, 1.807) is 0 Å². The Kier molecular flexibility index (Phi) is 4.39. The van der Waals surface area contributed by atoms with E-state index in [2.05, 4.69) is 45.0 Å². The zero-order valence-corrected chi connectivity index (χ0v) is 12.5. The zero-order chi connectivity index (χ0) is 14.6. The standard InChI is InChI=1S/C19H22O/c1-19(2,3)13-16-10-8-15(9-11-16)12-17-6-4-5-7-18(17)14-20/h4-11,14H,12-13H2,1-3H3. The van der Waals surface area contributed by atoms with Crippen molar-refractivity contribution in [1.29, 1.82) is 0 Å². The molecular formula is C19H22O. The van der Waals surface area contributed by atoms with Crippen LogP contribution >= 0.6 is 0 Å². The molecule has 0 heterocycles.